The second-order valence-electron chi connectivity index (χ2n) is 5.06. The molecule has 0 bridgehead atoms. The number of carbonyl (C=O) groups excluding carboxylic acids is 3. The smallest absolute Gasteiger partial charge is 0.317 e. The molecule has 3 unspecified atom stereocenters. The topological polar surface area (TPSA) is 60.4 Å². The van der Waals surface area contributed by atoms with Crippen LogP contribution in [0.5, 0.6) is 0 Å². The van der Waals surface area contributed by atoms with E-state index < -0.39 is 17.8 Å². The highest BCUT2D eigenvalue weighted by atomic mass is 16.5. The molecule has 0 aromatic heterocycles. The fourth-order valence-electron chi connectivity index (χ4n) is 2.80. The lowest BCUT2D eigenvalue weighted by atomic mass is 9.68. The first-order valence-electron chi connectivity index (χ1n) is 6.83. The van der Waals surface area contributed by atoms with Crippen molar-refractivity contribution in [3.8, 4) is 0 Å². The third-order valence-electron chi connectivity index (χ3n) is 3.83. The normalized spacial score (nSPS) is 26.4. The molecule has 4 heteroatoms. The first kappa shape index (κ1) is 14.4. The number of carbonyl (C=O) groups is 3. The zero-order valence-electron chi connectivity index (χ0n) is 11.7. The van der Waals surface area contributed by atoms with Crippen LogP contribution in [-0.4, -0.2) is 24.1 Å². The van der Waals surface area contributed by atoms with E-state index >= 15 is 0 Å². The fourth-order valence-corrected chi connectivity index (χ4v) is 2.80. The molecule has 0 radical (unpaired) electrons. The Labute approximate surface area is 118 Å². The summed E-state index contributed by atoms with van der Waals surface area (Å²) in [5.74, 6) is -2.62. The van der Waals surface area contributed by atoms with Gasteiger partial charge in [0.2, 0.25) is 0 Å². The Kier molecular flexibility index (Phi) is 4.32. The van der Waals surface area contributed by atoms with Crippen LogP contribution in [0.2, 0.25) is 0 Å². The summed E-state index contributed by atoms with van der Waals surface area (Å²) in [6.45, 7) is 3.71. The highest BCUT2D eigenvalue weighted by Gasteiger charge is 2.46. The van der Waals surface area contributed by atoms with Crippen LogP contribution in [0, 0.1) is 11.8 Å². The van der Waals surface area contributed by atoms with Crippen LogP contribution in [0.4, 0.5) is 0 Å². The Hall–Kier alpha value is -1.97. The van der Waals surface area contributed by atoms with Gasteiger partial charge in [0.05, 0.1) is 13.0 Å². The minimum Gasteiger partial charge on any atom is -0.465 e. The van der Waals surface area contributed by atoms with Crippen molar-refractivity contribution in [2.75, 3.05) is 6.61 Å². The number of rotatable bonds is 3. The van der Waals surface area contributed by atoms with Gasteiger partial charge in [-0.15, -0.1) is 0 Å². The molecule has 0 amide bonds. The minimum atomic E-state index is -0.870. The molecule has 106 valence electrons. The van der Waals surface area contributed by atoms with E-state index in [1.807, 2.05) is 30.3 Å². The van der Waals surface area contributed by atoms with Gasteiger partial charge in [-0.2, -0.15) is 0 Å². The van der Waals surface area contributed by atoms with Gasteiger partial charge in [-0.05, 0) is 12.5 Å². The molecule has 1 aromatic rings. The Morgan fingerprint density at radius 3 is 2.45 bits per heavy atom. The highest BCUT2D eigenvalue weighted by Crippen LogP contribution is 2.39. The Bertz CT molecular complexity index is 521. The van der Waals surface area contributed by atoms with Gasteiger partial charge in [0.1, 0.15) is 11.7 Å². The van der Waals surface area contributed by atoms with E-state index in [0.29, 0.717) is 0 Å². The molecule has 0 aliphatic heterocycles. The summed E-state index contributed by atoms with van der Waals surface area (Å²) in [5, 5.41) is 0. The van der Waals surface area contributed by atoms with Crippen molar-refractivity contribution < 1.29 is 19.1 Å². The first-order chi connectivity index (χ1) is 9.56. The lowest BCUT2D eigenvalue weighted by Crippen LogP contribution is -2.43. The lowest BCUT2D eigenvalue weighted by Gasteiger charge is -2.33. The monoisotopic (exact) mass is 274 g/mol. The van der Waals surface area contributed by atoms with Crippen molar-refractivity contribution in [1.82, 2.24) is 0 Å². The molecule has 20 heavy (non-hydrogen) atoms. The molecule has 1 saturated carbocycles. The predicted molar refractivity (Wildman–Crippen MR) is 73.1 cm³/mol. The van der Waals surface area contributed by atoms with Gasteiger partial charge >= 0.3 is 5.97 Å². The standard InChI is InChI=1S/C16H18O4/c1-3-20-16(19)15-13(18)9-12(17)10(2)14(15)11-7-5-4-6-8-11/h4-8,10,14-15H,3,9H2,1-2H3. The summed E-state index contributed by atoms with van der Waals surface area (Å²) < 4.78 is 5.02. The van der Waals surface area contributed by atoms with Gasteiger partial charge < -0.3 is 4.74 Å². The molecule has 4 nitrogen and oxygen atoms in total. The van der Waals surface area contributed by atoms with Gasteiger partial charge in [-0.1, -0.05) is 37.3 Å². The molecular weight excluding hydrogens is 256 g/mol. The number of Topliss-reactive ketones (excluding diaryl/α,β-unsaturated/α-hetero) is 2. The van der Waals surface area contributed by atoms with Gasteiger partial charge in [0, 0.05) is 11.8 Å². The Morgan fingerprint density at radius 2 is 1.85 bits per heavy atom. The maximum atomic E-state index is 12.1. The number of hydrogen-bond acceptors (Lipinski definition) is 4. The van der Waals surface area contributed by atoms with E-state index in [1.165, 1.54) is 0 Å². The van der Waals surface area contributed by atoms with Gasteiger partial charge in [-0.25, -0.2) is 0 Å². The largest absolute Gasteiger partial charge is 0.465 e. The highest BCUT2D eigenvalue weighted by molar-refractivity contribution is 6.12. The first-order valence-corrected chi connectivity index (χ1v) is 6.83. The van der Waals surface area contributed by atoms with Crippen molar-refractivity contribution in [2.24, 2.45) is 11.8 Å². The summed E-state index contributed by atoms with van der Waals surface area (Å²) in [6.07, 6.45) is -0.173. The van der Waals surface area contributed by atoms with Crippen LogP contribution in [-0.2, 0) is 19.1 Å². The van der Waals surface area contributed by atoms with Gasteiger partial charge in [0.25, 0.3) is 0 Å². The summed E-state index contributed by atoms with van der Waals surface area (Å²) >= 11 is 0. The molecule has 0 spiro atoms. The summed E-state index contributed by atoms with van der Waals surface area (Å²) in [7, 11) is 0. The molecular formula is C16H18O4. The Balaban J connectivity index is 2.41. The molecule has 1 aliphatic rings. The van der Waals surface area contributed by atoms with Crippen LogP contribution in [0.1, 0.15) is 31.7 Å². The SMILES string of the molecule is CCOC(=O)C1C(=O)CC(=O)C(C)C1c1ccccc1. The molecule has 0 N–H and O–H groups in total. The molecule has 2 rings (SSSR count). The molecule has 1 fully saturated rings. The van der Waals surface area contributed by atoms with Crippen molar-refractivity contribution in [1.29, 1.82) is 0 Å². The molecule has 1 aromatic carbocycles. The van der Waals surface area contributed by atoms with Crippen molar-refractivity contribution >= 4 is 17.5 Å². The number of benzene rings is 1. The van der Waals surface area contributed by atoms with E-state index in [1.54, 1.807) is 13.8 Å². The van der Waals surface area contributed by atoms with Crippen molar-refractivity contribution in [2.45, 2.75) is 26.2 Å². The van der Waals surface area contributed by atoms with Crippen molar-refractivity contribution in [3.05, 3.63) is 35.9 Å². The summed E-state index contributed by atoms with van der Waals surface area (Å²) in [4.78, 5) is 36.2. The second-order valence-corrected chi connectivity index (χ2v) is 5.06. The third kappa shape index (κ3) is 2.64. The number of ketones is 2. The molecule has 1 aliphatic carbocycles. The summed E-state index contributed by atoms with van der Waals surface area (Å²) in [6, 6.07) is 9.24. The van der Waals surface area contributed by atoms with Gasteiger partial charge in [0.15, 0.2) is 5.78 Å². The maximum absolute atomic E-state index is 12.1. The van der Waals surface area contributed by atoms with E-state index in [2.05, 4.69) is 0 Å². The van der Waals surface area contributed by atoms with Crippen LogP contribution in [0.15, 0.2) is 30.3 Å². The van der Waals surface area contributed by atoms with Crippen LogP contribution in [0.25, 0.3) is 0 Å². The maximum Gasteiger partial charge on any atom is 0.317 e. The second kappa shape index (κ2) is 5.99. The van der Waals surface area contributed by atoms with E-state index in [9.17, 15) is 14.4 Å². The summed E-state index contributed by atoms with van der Waals surface area (Å²) in [5.41, 5.74) is 0.833. The molecule has 0 saturated heterocycles. The number of esters is 1. The van der Waals surface area contributed by atoms with E-state index in [-0.39, 0.29) is 30.5 Å². The zero-order chi connectivity index (χ0) is 14.7. The fraction of sp³-hybridized carbons (Fsp3) is 0.438. The number of hydrogen-bond donors (Lipinski definition) is 0. The number of ether oxygens (including phenoxy) is 1. The zero-order valence-corrected chi connectivity index (χ0v) is 11.7. The van der Waals surface area contributed by atoms with Crippen LogP contribution < -0.4 is 0 Å². The van der Waals surface area contributed by atoms with Crippen LogP contribution >= 0.6 is 0 Å². The lowest BCUT2D eigenvalue weighted by molar-refractivity contribution is -0.155. The average Bonchev–Trinajstić information content (AvgIpc) is 2.43. The quantitative estimate of drug-likeness (QED) is 0.625. The molecule has 3 atom stereocenters. The Morgan fingerprint density at radius 1 is 1.20 bits per heavy atom. The van der Waals surface area contributed by atoms with E-state index in [4.69, 9.17) is 4.74 Å². The van der Waals surface area contributed by atoms with E-state index in [0.717, 1.165) is 5.56 Å². The minimum absolute atomic E-state index is 0.107. The van der Waals surface area contributed by atoms with Gasteiger partial charge in [-0.3, -0.25) is 14.4 Å². The predicted octanol–water partition coefficient (Wildman–Crippen LogP) is 2.13. The average molecular weight is 274 g/mol. The third-order valence-corrected chi connectivity index (χ3v) is 3.83. The van der Waals surface area contributed by atoms with Crippen molar-refractivity contribution in [3.63, 3.8) is 0 Å². The molecule has 0 heterocycles. The van der Waals surface area contributed by atoms with Crippen LogP contribution in [0.3, 0.4) is 0 Å².